The smallest absolute Gasteiger partial charge is 0.269 e. The highest BCUT2D eigenvalue weighted by molar-refractivity contribution is 6.01. The molecule has 4 rings (SSSR count). The highest BCUT2D eigenvalue weighted by atomic mass is 16.5. The van der Waals surface area contributed by atoms with Crippen LogP contribution in [0.25, 0.3) is 11.7 Å². The van der Waals surface area contributed by atoms with Crippen LogP contribution in [0.2, 0.25) is 0 Å². The summed E-state index contributed by atoms with van der Waals surface area (Å²) >= 11 is 0. The van der Waals surface area contributed by atoms with Gasteiger partial charge in [0, 0.05) is 19.3 Å². The van der Waals surface area contributed by atoms with Crippen molar-refractivity contribution in [2.45, 2.75) is 32.8 Å². The number of aromatic nitrogens is 2. The van der Waals surface area contributed by atoms with Gasteiger partial charge >= 0.3 is 0 Å². The molecule has 3 heterocycles. The van der Waals surface area contributed by atoms with Crippen molar-refractivity contribution < 1.29 is 14.3 Å². The van der Waals surface area contributed by atoms with Gasteiger partial charge in [0.25, 0.3) is 11.5 Å². The summed E-state index contributed by atoms with van der Waals surface area (Å²) in [5.74, 6) is -0.0130. The number of carbonyl (C=O) groups excluding carboxylic acids is 1. The maximum atomic E-state index is 13.3. The highest BCUT2D eigenvalue weighted by Crippen LogP contribution is 2.28. The molecule has 0 unspecified atom stereocenters. The number of nitrogens with zero attached hydrogens (tertiary/aromatic N) is 3. The number of aryl methyl sites for hydroxylation is 1. The molecule has 1 aliphatic rings. The van der Waals surface area contributed by atoms with Gasteiger partial charge in [0.1, 0.15) is 28.6 Å². The summed E-state index contributed by atoms with van der Waals surface area (Å²) in [6, 6.07) is 12.6. The number of ether oxygens (including phenoxy) is 2. The van der Waals surface area contributed by atoms with Gasteiger partial charge in [0.15, 0.2) is 0 Å². The van der Waals surface area contributed by atoms with Gasteiger partial charge in [-0.05, 0) is 62.1 Å². The third-order valence-corrected chi connectivity index (χ3v) is 5.66. The van der Waals surface area contributed by atoms with Crippen LogP contribution in [0, 0.1) is 25.2 Å². The highest BCUT2D eigenvalue weighted by Gasteiger charge is 2.20. The summed E-state index contributed by atoms with van der Waals surface area (Å²) in [7, 11) is 0. The predicted molar refractivity (Wildman–Crippen MR) is 123 cm³/mol. The molecule has 0 aliphatic carbocycles. The number of benzene rings is 1. The minimum Gasteiger partial charge on any atom is -0.438 e. The molecule has 33 heavy (non-hydrogen) atoms. The van der Waals surface area contributed by atoms with Gasteiger partial charge in [0.05, 0.1) is 6.10 Å². The molecule has 0 radical (unpaired) electrons. The topological polar surface area (TPSA) is 106 Å². The molecule has 0 spiro atoms. The summed E-state index contributed by atoms with van der Waals surface area (Å²) in [5, 5.41) is 12.3. The Balaban J connectivity index is 1.75. The largest absolute Gasteiger partial charge is 0.438 e. The minimum absolute atomic E-state index is 0.0171. The number of rotatable bonds is 6. The molecule has 8 nitrogen and oxygen atoms in total. The zero-order valence-corrected chi connectivity index (χ0v) is 18.5. The Kier molecular flexibility index (Phi) is 6.52. The number of carbonyl (C=O) groups is 1. The molecule has 2 aromatic heterocycles. The Hall–Kier alpha value is -3.96. The molecule has 168 valence electrons. The van der Waals surface area contributed by atoms with E-state index in [0.29, 0.717) is 24.5 Å². The fourth-order valence-corrected chi connectivity index (χ4v) is 3.62. The predicted octanol–water partition coefficient (Wildman–Crippen LogP) is 3.31. The van der Waals surface area contributed by atoms with Crippen molar-refractivity contribution in [3.05, 3.63) is 75.2 Å². The van der Waals surface area contributed by atoms with Crippen molar-refractivity contribution in [3.63, 3.8) is 0 Å². The number of hydrogen-bond acceptors (Lipinski definition) is 6. The maximum Gasteiger partial charge on any atom is 0.269 e. The van der Waals surface area contributed by atoms with Crippen molar-refractivity contribution >= 4 is 17.6 Å². The number of hydrogen-bond donors (Lipinski definition) is 1. The number of amides is 1. The molecular weight excluding hydrogens is 420 g/mol. The molecule has 1 saturated heterocycles. The van der Waals surface area contributed by atoms with Gasteiger partial charge in [-0.3, -0.25) is 14.0 Å². The van der Waals surface area contributed by atoms with Crippen LogP contribution in [0.1, 0.15) is 29.5 Å². The zero-order valence-electron chi connectivity index (χ0n) is 18.5. The third-order valence-electron chi connectivity index (χ3n) is 5.66. The summed E-state index contributed by atoms with van der Waals surface area (Å²) in [6.07, 6.45) is 4.55. The molecule has 1 fully saturated rings. The second kappa shape index (κ2) is 9.67. The summed E-state index contributed by atoms with van der Waals surface area (Å²) < 4.78 is 12.9. The van der Waals surface area contributed by atoms with E-state index in [4.69, 9.17) is 9.47 Å². The van der Waals surface area contributed by atoms with E-state index in [1.54, 1.807) is 30.5 Å². The first-order valence-corrected chi connectivity index (χ1v) is 10.7. The molecule has 0 bridgehead atoms. The third kappa shape index (κ3) is 4.78. The van der Waals surface area contributed by atoms with Crippen LogP contribution in [0.15, 0.2) is 53.0 Å². The average Bonchev–Trinajstić information content (AvgIpc) is 3.34. The van der Waals surface area contributed by atoms with E-state index >= 15 is 0 Å². The van der Waals surface area contributed by atoms with Crippen LogP contribution in [-0.2, 0) is 9.53 Å². The van der Waals surface area contributed by atoms with Crippen LogP contribution < -0.4 is 15.6 Å². The Morgan fingerprint density at radius 2 is 2.18 bits per heavy atom. The Morgan fingerprint density at radius 1 is 1.33 bits per heavy atom. The van der Waals surface area contributed by atoms with Gasteiger partial charge in [0.2, 0.25) is 5.88 Å². The molecule has 1 amide bonds. The lowest BCUT2D eigenvalue weighted by atomic mass is 10.1. The molecule has 8 heteroatoms. The normalized spacial score (nSPS) is 15.9. The molecule has 3 aromatic rings. The van der Waals surface area contributed by atoms with Gasteiger partial charge < -0.3 is 14.8 Å². The molecule has 1 N–H and O–H groups in total. The van der Waals surface area contributed by atoms with Crippen LogP contribution in [-0.4, -0.2) is 34.5 Å². The molecule has 1 aromatic carbocycles. The second-order valence-electron chi connectivity index (χ2n) is 7.88. The van der Waals surface area contributed by atoms with E-state index in [9.17, 15) is 14.9 Å². The maximum absolute atomic E-state index is 13.3. The monoisotopic (exact) mass is 444 g/mol. The quantitative estimate of drug-likeness (QED) is 0.462. The van der Waals surface area contributed by atoms with Crippen molar-refractivity contribution in [2.24, 2.45) is 0 Å². The van der Waals surface area contributed by atoms with Gasteiger partial charge in [-0.1, -0.05) is 18.2 Å². The van der Waals surface area contributed by atoms with Crippen molar-refractivity contribution in [1.29, 1.82) is 5.26 Å². The first-order valence-electron chi connectivity index (χ1n) is 10.7. The molecule has 0 saturated carbocycles. The van der Waals surface area contributed by atoms with E-state index in [1.807, 2.05) is 32.0 Å². The minimum atomic E-state index is -0.580. The number of nitriles is 1. The van der Waals surface area contributed by atoms with Gasteiger partial charge in [-0.15, -0.1) is 0 Å². The number of pyridine rings is 1. The Morgan fingerprint density at radius 3 is 2.94 bits per heavy atom. The lowest BCUT2D eigenvalue weighted by molar-refractivity contribution is -0.117. The lowest BCUT2D eigenvalue weighted by Gasteiger charge is -2.13. The number of fused-ring (bicyclic) bond motifs is 1. The molecule has 1 aliphatic heterocycles. The van der Waals surface area contributed by atoms with Crippen LogP contribution in [0.5, 0.6) is 11.6 Å². The first-order chi connectivity index (χ1) is 16.0. The zero-order chi connectivity index (χ0) is 23.4. The fourth-order valence-electron chi connectivity index (χ4n) is 3.62. The lowest BCUT2D eigenvalue weighted by Crippen LogP contribution is -2.32. The average molecular weight is 444 g/mol. The van der Waals surface area contributed by atoms with Crippen molar-refractivity contribution in [2.75, 3.05) is 13.2 Å². The van der Waals surface area contributed by atoms with Gasteiger partial charge in [-0.2, -0.15) is 10.2 Å². The summed E-state index contributed by atoms with van der Waals surface area (Å²) in [4.78, 5) is 30.4. The number of nitrogens with one attached hydrogen (secondary N) is 1. The summed E-state index contributed by atoms with van der Waals surface area (Å²) in [6.45, 7) is 4.84. The second-order valence-corrected chi connectivity index (χ2v) is 7.88. The van der Waals surface area contributed by atoms with E-state index in [1.165, 1.54) is 10.5 Å². The standard InChI is InChI=1S/C25H24N4O4/c1-16-7-5-9-21(17(16)2)33-24-20(25(31)29-11-4-3-10-22(29)28-24)13-18(14-26)23(30)27-15-19-8-6-12-32-19/h3-5,7,9-11,13,19H,6,8,12,15H2,1-2H3,(H,27,30)/b18-13+/t19-/m0/s1. The van der Waals surface area contributed by atoms with Crippen molar-refractivity contribution in [3.8, 4) is 17.7 Å². The van der Waals surface area contributed by atoms with E-state index in [-0.39, 0.29) is 23.1 Å². The fraction of sp³-hybridized carbons (Fsp3) is 0.280. The Bertz CT molecular complexity index is 1330. The van der Waals surface area contributed by atoms with Crippen LogP contribution >= 0.6 is 0 Å². The molecular formula is C25H24N4O4. The summed E-state index contributed by atoms with van der Waals surface area (Å²) in [5.41, 5.74) is 1.67. The molecule has 1 atom stereocenters. The van der Waals surface area contributed by atoms with E-state index in [0.717, 1.165) is 24.0 Å². The van der Waals surface area contributed by atoms with Gasteiger partial charge in [-0.25, -0.2) is 0 Å². The first kappa shape index (κ1) is 22.2. The van der Waals surface area contributed by atoms with E-state index < -0.39 is 11.5 Å². The van der Waals surface area contributed by atoms with Crippen LogP contribution in [0.3, 0.4) is 0 Å². The van der Waals surface area contributed by atoms with E-state index in [2.05, 4.69) is 10.3 Å². The van der Waals surface area contributed by atoms with Crippen molar-refractivity contribution in [1.82, 2.24) is 14.7 Å². The van der Waals surface area contributed by atoms with Crippen LogP contribution in [0.4, 0.5) is 0 Å². The Labute approximate surface area is 191 Å². The SMILES string of the molecule is Cc1cccc(Oc2nc3ccccn3c(=O)c2/C=C(\C#N)C(=O)NC[C@@H]2CCCO2)c1C.